The molecule has 0 aliphatic rings. The van der Waals surface area contributed by atoms with E-state index in [1.54, 1.807) is 23.5 Å². The highest BCUT2D eigenvalue weighted by Crippen LogP contribution is 2.23. The van der Waals surface area contributed by atoms with Crippen LogP contribution in [-0.2, 0) is 25.6 Å². The van der Waals surface area contributed by atoms with Crippen molar-refractivity contribution in [3.8, 4) is 0 Å². The summed E-state index contributed by atoms with van der Waals surface area (Å²) in [5.41, 5.74) is 2.64. The van der Waals surface area contributed by atoms with Crippen molar-refractivity contribution < 1.29 is 0 Å². The number of aryl methyl sites for hydroxylation is 2. The summed E-state index contributed by atoms with van der Waals surface area (Å²) in [6, 6.07) is 8.79. The standard InChI is InChI=1S/C16H18N4S2/c1-19-9-7-17-15(19)21-11-13-3-5-14(6-4-13)12-22-16-18-8-10-20(16)2/h3-10H,11-12H2,1-2H3. The Bertz CT molecular complexity index is 667. The van der Waals surface area contributed by atoms with E-state index >= 15 is 0 Å². The molecular weight excluding hydrogens is 312 g/mol. The van der Waals surface area contributed by atoms with Crippen molar-refractivity contribution in [3.05, 3.63) is 60.2 Å². The van der Waals surface area contributed by atoms with Crippen LogP contribution >= 0.6 is 23.5 Å². The van der Waals surface area contributed by atoms with Crippen molar-refractivity contribution in [1.82, 2.24) is 19.1 Å². The van der Waals surface area contributed by atoms with E-state index in [1.165, 1.54) is 11.1 Å². The van der Waals surface area contributed by atoms with Gasteiger partial charge in [0, 0.05) is 50.4 Å². The molecule has 0 saturated carbocycles. The van der Waals surface area contributed by atoms with E-state index in [0.29, 0.717) is 0 Å². The molecule has 0 bridgehead atoms. The van der Waals surface area contributed by atoms with Gasteiger partial charge in [-0.1, -0.05) is 47.8 Å². The zero-order chi connectivity index (χ0) is 15.4. The maximum Gasteiger partial charge on any atom is 0.167 e. The first-order chi connectivity index (χ1) is 10.7. The highest BCUT2D eigenvalue weighted by atomic mass is 32.2. The lowest BCUT2D eigenvalue weighted by Gasteiger charge is -2.05. The van der Waals surface area contributed by atoms with Crippen molar-refractivity contribution >= 4 is 23.5 Å². The van der Waals surface area contributed by atoms with Crippen LogP contribution in [0.1, 0.15) is 11.1 Å². The summed E-state index contributed by atoms with van der Waals surface area (Å²) < 4.78 is 4.09. The second kappa shape index (κ2) is 7.07. The van der Waals surface area contributed by atoms with Gasteiger partial charge in [0.15, 0.2) is 10.3 Å². The van der Waals surface area contributed by atoms with Crippen LogP contribution in [0, 0.1) is 0 Å². The molecule has 2 heterocycles. The molecule has 3 aromatic rings. The Morgan fingerprint density at radius 1 is 0.773 bits per heavy atom. The normalized spacial score (nSPS) is 11.0. The molecule has 0 spiro atoms. The minimum atomic E-state index is 0.942. The lowest BCUT2D eigenvalue weighted by molar-refractivity contribution is 0.790. The minimum absolute atomic E-state index is 0.942. The highest BCUT2D eigenvalue weighted by molar-refractivity contribution is 7.98. The van der Waals surface area contributed by atoms with Gasteiger partial charge in [0.05, 0.1) is 0 Å². The Hall–Kier alpha value is -1.66. The monoisotopic (exact) mass is 330 g/mol. The van der Waals surface area contributed by atoms with E-state index < -0.39 is 0 Å². The summed E-state index contributed by atoms with van der Waals surface area (Å²) in [5.74, 6) is 1.88. The van der Waals surface area contributed by atoms with E-state index in [4.69, 9.17) is 0 Å². The molecule has 4 nitrogen and oxygen atoms in total. The lowest BCUT2D eigenvalue weighted by Crippen LogP contribution is -1.91. The highest BCUT2D eigenvalue weighted by Gasteiger charge is 2.03. The van der Waals surface area contributed by atoms with Crippen molar-refractivity contribution in [2.75, 3.05) is 0 Å². The fraction of sp³-hybridized carbons (Fsp3) is 0.250. The van der Waals surface area contributed by atoms with Gasteiger partial charge in [0.2, 0.25) is 0 Å². The number of rotatable bonds is 6. The van der Waals surface area contributed by atoms with Crippen molar-refractivity contribution in [1.29, 1.82) is 0 Å². The second-order valence-corrected chi connectivity index (χ2v) is 6.92. The quantitative estimate of drug-likeness (QED) is 0.645. The fourth-order valence-corrected chi connectivity index (χ4v) is 3.79. The fourth-order valence-electron chi connectivity index (χ4n) is 2.01. The van der Waals surface area contributed by atoms with E-state index in [1.807, 2.05) is 48.0 Å². The summed E-state index contributed by atoms with van der Waals surface area (Å²) in [7, 11) is 4.04. The molecule has 114 valence electrons. The first kappa shape index (κ1) is 15.2. The Morgan fingerprint density at radius 3 is 1.50 bits per heavy atom. The molecule has 2 aromatic heterocycles. The van der Waals surface area contributed by atoms with Gasteiger partial charge in [-0.2, -0.15) is 0 Å². The van der Waals surface area contributed by atoms with Crippen LogP contribution in [0.25, 0.3) is 0 Å². The summed E-state index contributed by atoms with van der Waals surface area (Å²) in [5, 5.41) is 2.10. The third-order valence-corrected chi connectivity index (χ3v) is 5.57. The van der Waals surface area contributed by atoms with Crippen molar-refractivity contribution in [2.45, 2.75) is 21.8 Å². The van der Waals surface area contributed by atoms with Gasteiger partial charge in [-0.05, 0) is 11.1 Å². The SMILES string of the molecule is Cn1ccnc1SCc1ccc(CSc2nccn2C)cc1. The number of hydrogen-bond donors (Lipinski definition) is 0. The summed E-state index contributed by atoms with van der Waals surface area (Å²) in [6.07, 6.45) is 7.61. The number of hydrogen-bond acceptors (Lipinski definition) is 4. The van der Waals surface area contributed by atoms with Gasteiger partial charge < -0.3 is 9.13 Å². The molecule has 0 aliphatic carbocycles. The van der Waals surface area contributed by atoms with Crippen LogP contribution < -0.4 is 0 Å². The van der Waals surface area contributed by atoms with Gasteiger partial charge >= 0.3 is 0 Å². The Labute approximate surface area is 139 Å². The Balaban J connectivity index is 1.54. The molecule has 0 fully saturated rings. The van der Waals surface area contributed by atoms with E-state index in [2.05, 4.69) is 34.2 Å². The second-order valence-electron chi connectivity index (χ2n) is 5.04. The third-order valence-electron chi connectivity index (χ3n) is 3.31. The molecule has 0 atom stereocenters. The maximum absolute atomic E-state index is 4.33. The Kier molecular flexibility index (Phi) is 4.90. The summed E-state index contributed by atoms with van der Waals surface area (Å²) in [4.78, 5) is 8.66. The molecule has 0 aliphatic heterocycles. The lowest BCUT2D eigenvalue weighted by atomic mass is 10.2. The van der Waals surface area contributed by atoms with Gasteiger partial charge in [-0.15, -0.1) is 0 Å². The predicted molar refractivity (Wildman–Crippen MR) is 92.0 cm³/mol. The summed E-state index contributed by atoms with van der Waals surface area (Å²) >= 11 is 3.52. The molecule has 0 radical (unpaired) electrons. The average molecular weight is 330 g/mol. The minimum Gasteiger partial charge on any atom is -0.329 e. The zero-order valence-electron chi connectivity index (χ0n) is 12.6. The number of imidazole rings is 2. The molecule has 0 N–H and O–H groups in total. The maximum atomic E-state index is 4.33. The molecule has 1 aromatic carbocycles. The predicted octanol–water partition coefficient (Wildman–Crippen LogP) is 3.74. The average Bonchev–Trinajstić information content (AvgIpc) is 3.12. The molecule has 0 amide bonds. The van der Waals surface area contributed by atoms with Crippen LogP contribution in [0.3, 0.4) is 0 Å². The largest absolute Gasteiger partial charge is 0.329 e. The number of benzene rings is 1. The van der Waals surface area contributed by atoms with Crippen molar-refractivity contribution in [2.24, 2.45) is 14.1 Å². The van der Waals surface area contributed by atoms with Gasteiger partial charge in [0.1, 0.15) is 0 Å². The van der Waals surface area contributed by atoms with Crippen LogP contribution in [0.2, 0.25) is 0 Å². The number of nitrogens with zero attached hydrogens (tertiary/aromatic N) is 4. The van der Waals surface area contributed by atoms with Crippen LogP contribution in [-0.4, -0.2) is 19.1 Å². The smallest absolute Gasteiger partial charge is 0.167 e. The third kappa shape index (κ3) is 3.75. The first-order valence-corrected chi connectivity index (χ1v) is 8.97. The molecular formula is C16H18N4S2. The summed E-state index contributed by atoms with van der Waals surface area (Å²) in [6.45, 7) is 0. The Morgan fingerprint density at radius 2 is 1.18 bits per heavy atom. The van der Waals surface area contributed by atoms with Gasteiger partial charge in [0.25, 0.3) is 0 Å². The topological polar surface area (TPSA) is 35.6 Å². The number of thioether (sulfide) groups is 2. The van der Waals surface area contributed by atoms with E-state index in [0.717, 1.165) is 21.8 Å². The molecule has 6 heteroatoms. The van der Waals surface area contributed by atoms with Gasteiger partial charge in [-0.25, -0.2) is 9.97 Å². The first-order valence-electron chi connectivity index (χ1n) is 7.00. The molecule has 0 saturated heterocycles. The molecule has 22 heavy (non-hydrogen) atoms. The van der Waals surface area contributed by atoms with Gasteiger partial charge in [-0.3, -0.25) is 0 Å². The van der Waals surface area contributed by atoms with Crippen LogP contribution in [0.5, 0.6) is 0 Å². The van der Waals surface area contributed by atoms with E-state index in [-0.39, 0.29) is 0 Å². The molecule has 0 unspecified atom stereocenters. The molecule has 3 rings (SSSR count). The van der Waals surface area contributed by atoms with E-state index in [9.17, 15) is 0 Å². The van der Waals surface area contributed by atoms with Crippen LogP contribution in [0.4, 0.5) is 0 Å². The van der Waals surface area contributed by atoms with Crippen molar-refractivity contribution in [3.63, 3.8) is 0 Å². The zero-order valence-corrected chi connectivity index (χ0v) is 14.3. The number of aromatic nitrogens is 4. The van der Waals surface area contributed by atoms with Crippen LogP contribution in [0.15, 0.2) is 59.4 Å².